The summed E-state index contributed by atoms with van der Waals surface area (Å²) >= 11 is 0. The molecule has 1 aromatic carbocycles. The van der Waals surface area contributed by atoms with Crippen molar-refractivity contribution >= 4 is 11.7 Å². The Morgan fingerprint density at radius 2 is 1.69 bits per heavy atom. The van der Waals surface area contributed by atoms with Crippen molar-refractivity contribution in [1.29, 1.82) is 0 Å². The van der Waals surface area contributed by atoms with Gasteiger partial charge in [-0.2, -0.15) is 0 Å². The van der Waals surface area contributed by atoms with Crippen molar-refractivity contribution in [2.24, 2.45) is 23.5 Å². The average Bonchev–Trinajstić information content (AvgIpc) is 2.66. The molecule has 1 fully saturated rings. The number of ketones is 1. The van der Waals surface area contributed by atoms with Crippen LogP contribution in [0.25, 0.3) is 0 Å². The number of rotatable bonds is 7. The number of Topliss-reactive ketones (excluding diaryl/α,β-unsaturated/α-hetero) is 1. The lowest BCUT2D eigenvalue weighted by Crippen LogP contribution is -2.50. The van der Waals surface area contributed by atoms with Crippen LogP contribution in [0.4, 0.5) is 0 Å². The molecule has 2 atom stereocenters. The maximum atomic E-state index is 12.8. The summed E-state index contributed by atoms with van der Waals surface area (Å²) in [4.78, 5) is 27.1. The molecule has 2 N–H and O–H groups in total. The summed E-state index contributed by atoms with van der Waals surface area (Å²) in [6.07, 6.45) is 3.39. The molecule has 26 heavy (non-hydrogen) atoms. The standard InChI is InChI=1S/C22H34N2O2/c1-5-16(4)20(23)22(26)24-12-10-19(11-13-24)21(25)18-8-6-17(7-9-18)14-15(2)3/h6-9,15-16,19-20H,5,10-14,23H2,1-4H3. The van der Waals surface area contributed by atoms with E-state index in [2.05, 4.69) is 32.9 Å². The molecule has 0 radical (unpaired) electrons. The Hall–Kier alpha value is -1.68. The van der Waals surface area contributed by atoms with Gasteiger partial charge in [0.15, 0.2) is 5.78 Å². The first-order valence-corrected chi connectivity index (χ1v) is 10.0. The van der Waals surface area contributed by atoms with E-state index < -0.39 is 6.04 Å². The fourth-order valence-electron chi connectivity index (χ4n) is 3.58. The molecular weight excluding hydrogens is 324 g/mol. The quantitative estimate of drug-likeness (QED) is 0.756. The average molecular weight is 359 g/mol. The Morgan fingerprint density at radius 3 is 2.19 bits per heavy atom. The molecule has 0 saturated carbocycles. The van der Waals surface area contributed by atoms with Crippen LogP contribution in [-0.4, -0.2) is 35.7 Å². The number of hydrogen-bond acceptors (Lipinski definition) is 3. The lowest BCUT2D eigenvalue weighted by molar-refractivity contribution is -0.135. The summed E-state index contributed by atoms with van der Waals surface area (Å²) in [6, 6.07) is 7.61. The van der Waals surface area contributed by atoms with E-state index in [-0.39, 0.29) is 23.5 Å². The van der Waals surface area contributed by atoms with Gasteiger partial charge in [-0.1, -0.05) is 58.4 Å². The Labute approximate surface area is 158 Å². The Balaban J connectivity index is 1.91. The number of likely N-dealkylation sites (tertiary alicyclic amines) is 1. The minimum absolute atomic E-state index is 0.00909. The molecule has 4 nitrogen and oxygen atoms in total. The highest BCUT2D eigenvalue weighted by Crippen LogP contribution is 2.23. The first kappa shape index (κ1) is 20.6. The van der Waals surface area contributed by atoms with Crippen molar-refractivity contribution in [3.8, 4) is 0 Å². The van der Waals surface area contributed by atoms with E-state index in [1.54, 1.807) is 0 Å². The van der Waals surface area contributed by atoms with E-state index in [0.29, 0.717) is 19.0 Å². The second-order valence-corrected chi connectivity index (χ2v) is 8.17. The monoisotopic (exact) mass is 358 g/mol. The summed E-state index contributed by atoms with van der Waals surface area (Å²) in [5.74, 6) is 1.05. The van der Waals surface area contributed by atoms with E-state index in [9.17, 15) is 9.59 Å². The van der Waals surface area contributed by atoms with Crippen LogP contribution in [0.5, 0.6) is 0 Å². The van der Waals surface area contributed by atoms with Gasteiger partial charge in [0.2, 0.25) is 5.91 Å². The largest absolute Gasteiger partial charge is 0.341 e. The SMILES string of the molecule is CCC(C)C(N)C(=O)N1CCC(C(=O)c2ccc(CC(C)C)cc2)CC1. The summed E-state index contributed by atoms with van der Waals surface area (Å²) in [6.45, 7) is 9.72. The van der Waals surface area contributed by atoms with Crippen LogP contribution in [0.3, 0.4) is 0 Å². The number of piperidine rings is 1. The Morgan fingerprint density at radius 1 is 1.12 bits per heavy atom. The van der Waals surface area contributed by atoms with Gasteiger partial charge in [0.1, 0.15) is 0 Å². The summed E-state index contributed by atoms with van der Waals surface area (Å²) in [7, 11) is 0. The Kier molecular flexibility index (Phi) is 7.39. The zero-order chi connectivity index (χ0) is 19.3. The summed E-state index contributed by atoms with van der Waals surface area (Å²) in [5, 5.41) is 0. The molecule has 0 spiro atoms. The van der Waals surface area contributed by atoms with Gasteiger partial charge in [0.05, 0.1) is 6.04 Å². The molecule has 4 heteroatoms. The van der Waals surface area contributed by atoms with Gasteiger partial charge in [0.25, 0.3) is 0 Å². The van der Waals surface area contributed by atoms with Crippen molar-refractivity contribution in [3.05, 3.63) is 35.4 Å². The highest BCUT2D eigenvalue weighted by Gasteiger charge is 2.31. The van der Waals surface area contributed by atoms with Gasteiger partial charge in [-0.3, -0.25) is 9.59 Å². The van der Waals surface area contributed by atoms with E-state index >= 15 is 0 Å². The minimum Gasteiger partial charge on any atom is -0.341 e. The molecule has 144 valence electrons. The van der Waals surface area contributed by atoms with Crippen molar-refractivity contribution < 1.29 is 9.59 Å². The maximum Gasteiger partial charge on any atom is 0.239 e. The second-order valence-electron chi connectivity index (χ2n) is 8.17. The molecule has 1 aromatic rings. The van der Waals surface area contributed by atoms with Crippen LogP contribution in [0, 0.1) is 17.8 Å². The van der Waals surface area contributed by atoms with Gasteiger partial charge in [-0.05, 0) is 36.7 Å². The van der Waals surface area contributed by atoms with E-state index in [0.717, 1.165) is 31.2 Å². The topological polar surface area (TPSA) is 63.4 Å². The van der Waals surface area contributed by atoms with Crippen molar-refractivity contribution in [2.45, 2.75) is 59.4 Å². The number of amides is 1. The minimum atomic E-state index is -0.430. The number of hydrogen-bond donors (Lipinski definition) is 1. The van der Waals surface area contributed by atoms with Crippen LogP contribution < -0.4 is 5.73 Å². The normalized spacial score (nSPS) is 18.0. The zero-order valence-electron chi connectivity index (χ0n) is 16.7. The highest BCUT2D eigenvalue weighted by molar-refractivity contribution is 5.98. The molecule has 1 aliphatic rings. The van der Waals surface area contributed by atoms with Crippen molar-refractivity contribution in [1.82, 2.24) is 4.90 Å². The van der Waals surface area contributed by atoms with Gasteiger partial charge in [-0.15, -0.1) is 0 Å². The number of carbonyl (C=O) groups is 2. The van der Waals surface area contributed by atoms with Crippen LogP contribution in [0.1, 0.15) is 62.9 Å². The van der Waals surface area contributed by atoms with E-state index in [1.165, 1.54) is 5.56 Å². The third kappa shape index (κ3) is 5.16. The molecule has 0 aromatic heterocycles. The van der Waals surface area contributed by atoms with E-state index in [4.69, 9.17) is 5.73 Å². The summed E-state index contributed by atoms with van der Waals surface area (Å²) in [5.41, 5.74) is 8.14. The fourth-order valence-corrected chi connectivity index (χ4v) is 3.58. The van der Waals surface area contributed by atoms with Crippen molar-refractivity contribution in [3.63, 3.8) is 0 Å². The number of carbonyl (C=O) groups excluding carboxylic acids is 2. The fraction of sp³-hybridized carbons (Fsp3) is 0.636. The van der Waals surface area contributed by atoms with Crippen LogP contribution in [0.15, 0.2) is 24.3 Å². The first-order valence-electron chi connectivity index (χ1n) is 10.0. The van der Waals surface area contributed by atoms with Gasteiger partial charge < -0.3 is 10.6 Å². The summed E-state index contributed by atoms with van der Waals surface area (Å²) < 4.78 is 0. The number of nitrogens with two attached hydrogens (primary N) is 1. The molecule has 1 amide bonds. The van der Waals surface area contributed by atoms with Crippen LogP contribution >= 0.6 is 0 Å². The molecule has 1 saturated heterocycles. The van der Waals surface area contributed by atoms with Gasteiger partial charge in [-0.25, -0.2) is 0 Å². The predicted octanol–water partition coefficient (Wildman–Crippen LogP) is 3.68. The predicted molar refractivity (Wildman–Crippen MR) is 106 cm³/mol. The van der Waals surface area contributed by atoms with Crippen LogP contribution in [-0.2, 0) is 11.2 Å². The van der Waals surface area contributed by atoms with E-state index in [1.807, 2.05) is 24.0 Å². The molecule has 1 heterocycles. The lowest BCUT2D eigenvalue weighted by atomic mass is 9.87. The molecule has 0 bridgehead atoms. The third-order valence-electron chi connectivity index (χ3n) is 5.60. The molecule has 2 rings (SSSR count). The van der Waals surface area contributed by atoms with Crippen LogP contribution in [0.2, 0.25) is 0 Å². The zero-order valence-corrected chi connectivity index (χ0v) is 16.7. The van der Waals surface area contributed by atoms with Gasteiger partial charge in [0, 0.05) is 24.6 Å². The molecule has 0 aliphatic carbocycles. The number of nitrogens with zero attached hydrogens (tertiary/aromatic N) is 1. The first-order chi connectivity index (χ1) is 12.3. The van der Waals surface area contributed by atoms with Crippen molar-refractivity contribution in [2.75, 3.05) is 13.1 Å². The Bertz CT molecular complexity index is 601. The second kappa shape index (κ2) is 9.31. The molecule has 1 aliphatic heterocycles. The smallest absolute Gasteiger partial charge is 0.239 e. The van der Waals surface area contributed by atoms with Gasteiger partial charge >= 0.3 is 0 Å². The molecular formula is C22H34N2O2. The maximum absolute atomic E-state index is 12.8. The lowest BCUT2D eigenvalue weighted by Gasteiger charge is -2.34. The highest BCUT2D eigenvalue weighted by atomic mass is 16.2. The number of benzene rings is 1. The third-order valence-corrected chi connectivity index (χ3v) is 5.60. The molecule has 2 unspecified atom stereocenters.